The maximum atomic E-state index is 5.14. The molecule has 0 saturated carbocycles. The summed E-state index contributed by atoms with van der Waals surface area (Å²) in [6.45, 7) is 4.34. The van der Waals surface area contributed by atoms with Crippen LogP contribution < -0.4 is 4.90 Å². The summed E-state index contributed by atoms with van der Waals surface area (Å²) in [5.74, 6) is 0.208. The van der Waals surface area contributed by atoms with E-state index < -0.39 is 0 Å². The van der Waals surface area contributed by atoms with E-state index in [1.807, 2.05) is 0 Å². The van der Waals surface area contributed by atoms with E-state index in [9.17, 15) is 0 Å². The second-order valence-corrected chi connectivity index (χ2v) is 7.46. The topological polar surface area (TPSA) is 19.4 Å². The molecule has 27 heavy (non-hydrogen) atoms. The number of aromatic nitrogens is 1. The molecule has 1 aliphatic heterocycles. The van der Waals surface area contributed by atoms with E-state index in [2.05, 4.69) is 104 Å². The third-order valence-corrected chi connectivity index (χ3v) is 5.92. The van der Waals surface area contributed by atoms with Crippen LogP contribution in [0.15, 0.2) is 73.1 Å². The van der Waals surface area contributed by atoms with Gasteiger partial charge in [0.1, 0.15) is 6.17 Å². The zero-order valence-electron chi connectivity index (χ0n) is 15.9. The molecule has 1 aliphatic carbocycles. The van der Waals surface area contributed by atoms with Gasteiger partial charge in [-0.05, 0) is 36.6 Å². The fourth-order valence-electron chi connectivity index (χ4n) is 4.34. The molecule has 3 nitrogen and oxygen atoms in total. The summed E-state index contributed by atoms with van der Waals surface area (Å²) in [5, 5.41) is 0. The largest absolute Gasteiger partial charge is 0.359 e. The van der Waals surface area contributed by atoms with Crippen LogP contribution in [0.2, 0.25) is 0 Å². The van der Waals surface area contributed by atoms with E-state index in [1.54, 1.807) is 0 Å². The van der Waals surface area contributed by atoms with Gasteiger partial charge >= 0.3 is 0 Å². The van der Waals surface area contributed by atoms with Crippen molar-refractivity contribution >= 4 is 5.69 Å². The van der Waals surface area contributed by atoms with E-state index in [4.69, 9.17) is 4.98 Å². The van der Waals surface area contributed by atoms with Crippen LogP contribution in [0.5, 0.6) is 0 Å². The Hall–Kier alpha value is -3.07. The molecule has 2 heterocycles. The molecule has 0 amide bonds. The number of benzene rings is 2. The van der Waals surface area contributed by atoms with Crippen molar-refractivity contribution in [3.05, 3.63) is 95.6 Å². The molecular formula is C24H23N3. The van der Waals surface area contributed by atoms with Gasteiger partial charge in [0.25, 0.3) is 0 Å². The van der Waals surface area contributed by atoms with Gasteiger partial charge in [0.05, 0.1) is 23.0 Å². The molecule has 0 fully saturated rings. The summed E-state index contributed by atoms with van der Waals surface area (Å²) in [6.07, 6.45) is 4.57. The SMILES string of the molecule is Cc1nc2c(cc1N1C=CN(C)[C@@H]1C)-c1ccccc1C2c1ccccc1. The zero-order valence-corrected chi connectivity index (χ0v) is 15.9. The fourth-order valence-corrected chi connectivity index (χ4v) is 4.34. The Labute approximate surface area is 160 Å². The van der Waals surface area contributed by atoms with Gasteiger partial charge in [-0.3, -0.25) is 4.98 Å². The molecule has 2 aliphatic rings. The first-order chi connectivity index (χ1) is 13.1. The van der Waals surface area contributed by atoms with Gasteiger partial charge in [-0.1, -0.05) is 54.6 Å². The van der Waals surface area contributed by atoms with Crippen LogP contribution in [0.1, 0.15) is 35.4 Å². The maximum absolute atomic E-state index is 5.14. The molecule has 134 valence electrons. The van der Waals surface area contributed by atoms with E-state index in [-0.39, 0.29) is 5.92 Å². The average molecular weight is 353 g/mol. The van der Waals surface area contributed by atoms with Crippen LogP contribution in [-0.2, 0) is 0 Å². The molecule has 0 radical (unpaired) electrons. The molecule has 2 atom stereocenters. The standard InChI is InChI=1S/C24H23N3/c1-16-22(27-14-13-26(3)17(27)2)15-21-19-11-7-8-12-20(19)23(24(21)25-16)18-9-5-4-6-10-18/h4-15,17,23H,1-3H3/t17-,23?/m0/s1. The summed E-state index contributed by atoms with van der Waals surface area (Å²) in [7, 11) is 2.11. The Morgan fingerprint density at radius 2 is 1.63 bits per heavy atom. The summed E-state index contributed by atoms with van der Waals surface area (Å²) >= 11 is 0. The minimum atomic E-state index is 0.208. The smallest absolute Gasteiger partial charge is 0.102 e. The Morgan fingerprint density at radius 3 is 2.37 bits per heavy atom. The number of aryl methyl sites for hydroxylation is 1. The van der Waals surface area contributed by atoms with Gasteiger partial charge < -0.3 is 9.80 Å². The lowest BCUT2D eigenvalue weighted by molar-refractivity contribution is 0.383. The molecule has 1 aromatic heterocycles. The highest BCUT2D eigenvalue weighted by atomic mass is 15.4. The Kier molecular flexibility index (Phi) is 3.57. The highest BCUT2D eigenvalue weighted by molar-refractivity contribution is 5.82. The molecular weight excluding hydrogens is 330 g/mol. The number of hydrogen-bond acceptors (Lipinski definition) is 3. The van der Waals surface area contributed by atoms with Crippen LogP contribution in [0.4, 0.5) is 5.69 Å². The van der Waals surface area contributed by atoms with Gasteiger partial charge in [0.2, 0.25) is 0 Å². The van der Waals surface area contributed by atoms with Crippen LogP contribution in [-0.4, -0.2) is 23.1 Å². The number of rotatable bonds is 2. The normalized spacial score (nSPS) is 20.1. The molecule has 3 heteroatoms. The van der Waals surface area contributed by atoms with E-state index in [1.165, 1.54) is 33.6 Å². The molecule has 2 aromatic carbocycles. The van der Waals surface area contributed by atoms with E-state index in [0.29, 0.717) is 6.17 Å². The second kappa shape index (κ2) is 5.98. The lowest BCUT2D eigenvalue weighted by atomic mass is 9.92. The first-order valence-corrected chi connectivity index (χ1v) is 9.49. The first-order valence-electron chi connectivity index (χ1n) is 9.49. The lowest BCUT2D eigenvalue weighted by Gasteiger charge is -2.28. The van der Waals surface area contributed by atoms with Crippen LogP contribution >= 0.6 is 0 Å². The monoisotopic (exact) mass is 353 g/mol. The third-order valence-electron chi connectivity index (χ3n) is 5.92. The van der Waals surface area contributed by atoms with Crippen molar-refractivity contribution in [1.82, 2.24) is 9.88 Å². The fraction of sp³-hybridized carbons (Fsp3) is 0.208. The molecule has 5 rings (SSSR count). The molecule has 1 unspecified atom stereocenters. The Morgan fingerprint density at radius 1 is 0.889 bits per heavy atom. The predicted molar refractivity (Wildman–Crippen MR) is 111 cm³/mol. The van der Waals surface area contributed by atoms with Crippen LogP contribution in [0.3, 0.4) is 0 Å². The first kappa shape index (κ1) is 16.1. The maximum Gasteiger partial charge on any atom is 0.102 e. The third kappa shape index (κ3) is 2.38. The summed E-state index contributed by atoms with van der Waals surface area (Å²) in [6, 6.07) is 21.8. The van der Waals surface area contributed by atoms with Crippen molar-refractivity contribution in [2.45, 2.75) is 25.9 Å². The highest BCUT2D eigenvalue weighted by Crippen LogP contribution is 2.48. The molecule has 0 bridgehead atoms. The van der Waals surface area contributed by atoms with Gasteiger partial charge in [-0.2, -0.15) is 0 Å². The van der Waals surface area contributed by atoms with Crippen LogP contribution in [0, 0.1) is 6.92 Å². The van der Waals surface area contributed by atoms with Crippen molar-refractivity contribution in [2.24, 2.45) is 0 Å². The van der Waals surface area contributed by atoms with Crippen molar-refractivity contribution in [3.63, 3.8) is 0 Å². The second-order valence-electron chi connectivity index (χ2n) is 7.46. The minimum absolute atomic E-state index is 0.208. The van der Waals surface area contributed by atoms with Crippen molar-refractivity contribution in [1.29, 1.82) is 0 Å². The summed E-state index contributed by atoms with van der Waals surface area (Å²) in [5.41, 5.74) is 8.66. The quantitative estimate of drug-likeness (QED) is 0.499. The average Bonchev–Trinajstić information content (AvgIpc) is 3.19. The van der Waals surface area contributed by atoms with E-state index in [0.717, 1.165) is 5.69 Å². The molecule has 0 spiro atoms. The summed E-state index contributed by atoms with van der Waals surface area (Å²) in [4.78, 5) is 9.66. The van der Waals surface area contributed by atoms with Crippen molar-refractivity contribution < 1.29 is 0 Å². The van der Waals surface area contributed by atoms with Gasteiger partial charge in [-0.15, -0.1) is 0 Å². The van der Waals surface area contributed by atoms with Gasteiger partial charge in [-0.25, -0.2) is 0 Å². The molecule has 0 N–H and O–H groups in total. The zero-order chi connectivity index (χ0) is 18.5. The number of hydrogen-bond donors (Lipinski definition) is 0. The number of pyridine rings is 1. The van der Waals surface area contributed by atoms with E-state index >= 15 is 0 Å². The van der Waals surface area contributed by atoms with Crippen LogP contribution in [0.25, 0.3) is 11.1 Å². The number of nitrogens with zero attached hydrogens (tertiary/aromatic N) is 3. The Balaban J connectivity index is 1.70. The number of anilines is 1. The number of fused-ring (bicyclic) bond motifs is 3. The molecule has 0 saturated heterocycles. The minimum Gasteiger partial charge on any atom is -0.359 e. The molecule has 3 aromatic rings. The highest BCUT2D eigenvalue weighted by Gasteiger charge is 2.33. The van der Waals surface area contributed by atoms with Gasteiger partial charge in [0, 0.05) is 25.0 Å². The van der Waals surface area contributed by atoms with Crippen molar-refractivity contribution in [2.75, 3.05) is 11.9 Å². The Bertz CT molecular complexity index is 1040. The van der Waals surface area contributed by atoms with Gasteiger partial charge in [0.15, 0.2) is 0 Å². The predicted octanol–water partition coefficient (Wildman–Crippen LogP) is 5.12. The van der Waals surface area contributed by atoms with Crippen molar-refractivity contribution in [3.8, 4) is 11.1 Å². The summed E-state index contributed by atoms with van der Waals surface area (Å²) < 4.78 is 0. The lowest BCUT2D eigenvalue weighted by Crippen LogP contribution is -2.34.